The molecule has 0 aromatic carbocycles. The van der Waals surface area contributed by atoms with Crippen LogP contribution >= 0.6 is 11.3 Å². The Morgan fingerprint density at radius 3 is 2.67 bits per heavy atom. The Labute approximate surface area is 149 Å². The molecule has 0 aliphatic heterocycles. The molecule has 6 heteroatoms. The lowest BCUT2D eigenvalue weighted by atomic mass is 9.83. The quantitative estimate of drug-likeness (QED) is 0.637. The van der Waals surface area contributed by atoms with E-state index in [2.05, 4.69) is 24.1 Å². The molecular formula is C18H31N3O2S. The van der Waals surface area contributed by atoms with E-state index in [9.17, 15) is 9.90 Å². The fourth-order valence-electron chi connectivity index (χ4n) is 3.62. The van der Waals surface area contributed by atoms with E-state index in [1.165, 1.54) is 43.4 Å². The molecule has 2 unspecified atom stereocenters. The largest absolute Gasteiger partial charge is 0.384 e. The monoisotopic (exact) mass is 353 g/mol. The summed E-state index contributed by atoms with van der Waals surface area (Å²) in [7, 11) is 0. The van der Waals surface area contributed by atoms with E-state index in [0.717, 1.165) is 6.42 Å². The number of hydrogen-bond acceptors (Lipinski definition) is 5. The first kappa shape index (κ1) is 19.3. The van der Waals surface area contributed by atoms with Gasteiger partial charge in [0.1, 0.15) is 11.1 Å². The number of amides is 1. The molecule has 2 rings (SSSR count). The minimum absolute atomic E-state index is 0.185. The Balaban J connectivity index is 2.09. The average molecular weight is 354 g/mol. The number of nitrogens with one attached hydrogen (secondary N) is 1. The topological polar surface area (TPSA) is 88.2 Å². The number of rotatable bonds is 9. The highest BCUT2D eigenvalue weighted by Gasteiger charge is 2.30. The summed E-state index contributed by atoms with van der Waals surface area (Å²) in [5.41, 5.74) is 5.59. The standard InChI is InChI=1S/C18H31N3O2S/c1-12(2)10-15(17(19)23)21-14(11-13-6-4-3-5-7-13)16(22)18-20-8-9-24-18/h8-9,12-16,21-22H,3-7,10-11H2,1-2H3,(H2,19,23)/t14?,15-,16?/m0/s1. The zero-order valence-corrected chi connectivity index (χ0v) is 15.6. The number of thiazole rings is 1. The first-order valence-electron chi connectivity index (χ1n) is 9.10. The highest BCUT2D eigenvalue weighted by Crippen LogP contribution is 2.31. The van der Waals surface area contributed by atoms with Gasteiger partial charge in [0.15, 0.2) is 0 Å². The van der Waals surface area contributed by atoms with Gasteiger partial charge in [-0.15, -0.1) is 11.3 Å². The van der Waals surface area contributed by atoms with E-state index in [4.69, 9.17) is 5.73 Å². The Bertz CT molecular complexity index is 486. The molecule has 0 saturated heterocycles. The van der Waals surface area contributed by atoms with E-state index in [1.54, 1.807) is 6.20 Å². The number of hydrogen-bond donors (Lipinski definition) is 3. The molecule has 5 nitrogen and oxygen atoms in total. The van der Waals surface area contributed by atoms with Crippen molar-refractivity contribution in [2.45, 2.75) is 77.0 Å². The summed E-state index contributed by atoms with van der Waals surface area (Å²) in [5, 5.41) is 16.7. The van der Waals surface area contributed by atoms with Gasteiger partial charge in [0.05, 0.1) is 6.04 Å². The van der Waals surface area contributed by atoms with E-state index in [-0.39, 0.29) is 11.9 Å². The second kappa shape index (κ2) is 9.49. The molecular weight excluding hydrogens is 322 g/mol. The summed E-state index contributed by atoms with van der Waals surface area (Å²) < 4.78 is 0. The maximum atomic E-state index is 11.8. The van der Waals surface area contributed by atoms with Crippen LogP contribution in [0.4, 0.5) is 0 Å². The number of primary amides is 1. The maximum absolute atomic E-state index is 11.8. The lowest BCUT2D eigenvalue weighted by molar-refractivity contribution is -0.120. The molecule has 4 N–H and O–H groups in total. The predicted octanol–water partition coefficient (Wildman–Crippen LogP) is 3.01. The smallest absolute Gasteiger partial charge is 0.234 e. The van der Waals surface area contributed by atoms with Crippen molar-refractivity contribution >= 4 is 17.2 Å². The van der Waals surface area contributed by atoms with Crippen molar-refractivity contribution in [1.82, 2.24) is 10.3 Å². The number of carbonyl (C=O) groups is 1. The third-order valence-electron chi connectivity index (χ3n) is 4.86. The molecule has 1 fully saturated rings. The molecule has 0 bridgehead atoms. The molecule has 0 radical (unpaired) electrons. The van der Waals surface area contributed by atoms with Gasteiger partial charge in [0, 0.05) is 17.6 Å². The summed E-state index contributed by atoms with van der Waals surface area (Å²) in [6.07, 6.45) is 8.79. The van der Waals surface area contributed by atoms with Crippen LogP contribution in [-0.4, -0.2) is 28.1 Å². The molecule has 1 heterocycles. The zero-order chi connectivity index (χ0) is 17.5. The van der Waals surface area contributed by atoms with Crippen LogP contribution in [0, 0.1) is 11.8 Å². The van der Waals surface area contributed by atoms with Crippen molar-refractivity contribution in [3.05, 3.63) is 16.6 Å². The number of nitrogens with zero attached hydrogens (tertiary/aromatic N) is 1. The first-order chi connectivity index (χ1) is 11.5. The van der Waals surface area contributed by atoms with Crippen molar-refractivity contribution in [3.8, 4) is 0 Å². The minimum atomic E-state index is -0.694. The highest BCUT2D eigenvalue weighted by atomic mass is 32.1. The van der Waals surface area contributed by atoms with Gasteiger partial charge in [-0.3, -0.25) is 4.79 Å². The third-order valence-corrected chi connectivity index (χ3v) is 5.71. The van der Waals surface area contributed by atoms with E-state index in [0.29, 0.717) is 23.3 Å². The number of nitrogens with two attached hydrogens (primary N) is 1. The van der Waals surface area contributed by atoms with Crippen molar-refractivity contribution in [2.24, 2.45) is 17.6 Å². The highest BCUT2D eigenvalue weighted by molar-refractivity contribution is 7.09. The molecule has 0 spiro atoms. The van der Waals surface area contributed by atoms with Gasteiger partial charge >= 0.3 is 0 Å². The van der Waals surface area contributed by atoms with Gasteiger partial charge < -0.3 is 16.2 Å². The summed E-state index contributed by atoms with van der Waals surface area (Å²) in [5.74, 6) is 0.615. The lowest BCUT2D eigenvalue weighted by Gasteiger charge is -2.32. The first-order valence-corrected chi connectivity index (χ1v) is 9.98. The van der Waals surface area contributed by atoms with Crippen molar-refractivity contribution in [2.75, 3.05) is 0 Å². The Morgan fingerprint density at radius 2 is 2.12 bits per heavy atom. The molecule has 3 atom stereocenters. The van der Waals surface area contributed by atoms with Crippen LogP contribution in [0.1, 0.15) is 69.9 Å². The van der Waals surface area contributed by atoms with Crippen LogP contribution < -0.4 is 11.1 Å². The second-order valence-corrected chi connectivity index (χ2v) is 8.34. The third kappa shape index (κ3) is 5.83. The molecule has 1 amide bonds. The van der Waals surface area contributed by atoms with Crippen LogP contribution in [0.25, 0.3) is 0 Å². The molecule has 1 aliphatic rings. The fourth-order valence-corrected chi connectivity index (χ4v) is 4.31. The molecule has 136 valence electrons. The van der Waals surface area contributed by atoms with Gasteiger partial charge in [-0.05, 0) is 24.7 Å². The Kier molecular flexibility index (Phi) is 7.65. The minimum Gasteiger partial charge on any atom is -0.384 e. The zero-order valence-electron chi connectivity index (χ0n) is 14.8. The van der Waals surface area contributed by atoms with Crippen LogP contribution in [0.3, 0.4) is 0 Å². The van der Waals surface area contributed by atoms with Crippen LogP contribution in [0.2, 0.25) is 0 Å². The van der Waals surface area contributed by atoms with Crippen molar-refractivity contribution in [3.63, 3.8) is 0 Å². The number of aliphatic hydroxyl groups is 1. The number of carbonyl (C=O) groups excluding carboxylic acids is 1. The Hall–Kier alpha value is -0.980. The maximum Gasteiger partial charge on any atom is 0.234 e. The van der Waals surface area contributed by atoms with E-state index in [1.807, 2.05) is 5.38 Å². The number of aliphatic hydroxyl groups excluding tert-OH is 1. The molecule has 1 aliphatic carbocycles. The van der Waals surface area contributed by atoms with Crippen molar-refractivity contribution in [1.29, 1.82) is 0 Å². The van der Waals surface area contributed by atoms with Crippen LogP contribution in [0.15, 0.2) is 11.6 Å². The van der Waals surface area contributed by atoms with Gasteiger partial charge in [-0.1, -0.05) is 46.0 Å². The van der Waals surface area contributed by atoms with Gasteiger partial charge in [0.2, 0.25) is 5.91 Å². The number of aromatic nitrogens is 1. The van der Waals surface area contributed by atoms with Crippen molar-refractivity contribution < 1.29 is 9.90 Å². The molecule has 1 saturated carbocycles. The summed E-state index contributed by atoms with van der Waals surface area (Å²) >= 11 is 1.45. The van der Waals surface area contributed by atoms with Gasteiger partial charge in [0.25, 0.3) is 0 Å². The van der Waals surface area contributed by atoms with Gasteiger partial charge in [-0.25, -0.2) is 4.98 Å². The average Bonchev–Trinajstić information content (AvgIpc) is 3.07. The summed E-state index contributed by atoms with van der Waals surface area (Å²) in [6.45, 7) is 4.15. The fraction of sp³-hybridized carbons (Fsp3) is 0.778. The SMILES string of the molecule is CC(C)C[C@H](NC(CC1CCCCC1)C(O)c1nccs1)C(N)=O. The molecule has 24 heavy (non-hydrogen) atoms. The Morgan fingerprint density at radius 1 is 1.42 bits per heavy atom. The van der Waals surface area contributed by atoms with E-state index < -0.39 is 12.1 Å². The normalized spacial score (nSPS) is 20.0. The summed E-state index contributed by atoms with van der Waals surface area (Å²) in [4.78, 5) is 16.1. The predicted molar refractivity (Wildman–Crippen MR) is 97.6 cm³/mol. The lowest BCUT2D eigenvalue weighted by Crippen LogP contribution is -2.50. The van der Waals surface area contributed by atoms with Gasteiger partial charge in [-0.2, -0.15) is 0 Å². The molecule has 1 aromatic heterocycles. The molecule has 1 aromatic rings. The van der Waals surface area contributed by atoms with E-state index >= 15 is 0 Å². The second-order valence-electron chi connectivity index (χ2n) is 7.41. The summed E-state index contributed by atoms with van der Waals surface area (Å²) in [6, 6.07) is -0.594. The van der Waals surface area contributed by atoms with Crippen LogP contribution in [-0.2, 0) is 4.79 Å². The van der Waals surface area contributed by atoms with Crippen LogP contribution in [0.5, 0.6) is 0 Å².